The molecule has 0 spiro atoms. The Morgan fingerprint density at radius 2 is 1.83 bits per heavy atom. The molecule has 0 radical (unpaired) electrons. The van der Waals surface area contributed by atoms with Gasteiger partial charge in [-0.1, -0.05) is 13.8 Å². The van der Waals surface area contributed by atoms with Crippen molar-refractivity contribution in [3.8, 4) is 0 Å². The highest BCUT2D eigenvalue weighted by Crippen LogP contribution is 2.09. The van der Waals surface area contributed by atoms with Crippen molar-refractivity contribution in [3.63, 3.8) is 0 Å². The van der Waals surface area contributed by atoms with Gasteiger partial charge in [0, 0.05) is 11.6 Å². The number of carbonyl (C=O) groups is 2. The average molecular weight is 170 g/mol. The number of hydrogen-bond donors (Lipinski definition) is 2. The second kappa shape index (κ2) is 4.54. The zero-order valence-corrected chi connectivity index (χ0v) is 7.33. The third-order valence-electron chi connectivity index (χ3n) is 1.26. The Morgan fingerprint density at radius 1 is 1.33 bits per heavy atom. The molecule has 2 amide bonds. The van der Waals surface area contributed by atoms with Crippen LogP contribution in [-0.2, 0) is 9.59 Å². The lowest BCUT2D eigenvalue weighted by atomic mass is 10.0. The van der Waals surface area contributed by atoms with Gasteiger partial charge in [-0.3, -0.25) is 9.59 Å². The van der Waals surface area contributed by atoms with E-state index in [1.54, 1.807) is 0 Å². The minimum atomic E-state index is -0.635. The summed E-state index contributed by atoms with van der Waals surface area (Å²) in [6.07, 6.45) is 1.57. The van der Waals surface area contributed by atoms with Gasteiger partial charge in [0.2, 0.25) is 11.8 Å². The van der Waals surface area contributed by atoms with Crippen molar-refractivity contribution in [1.82, 2.24) is 0 Å². The molecule has 0 heterocycles. The van der Waals surface area contributed by atoms with Gasteiger partial charge in [0.15, 0.2) is 0 Å². The number of rotatable bonds is 4. The Hall–Kier alpha value is -1.32. The van der Waals surface area contributed by atoms with Crippen LogP contribution in [-0.4, -0.2) is 11.8 Å². The molecular formula is C8H14N2O2. The van der Waals surface area contributed by atoms with Gasteiger partial charge in [0.05, 0.1) is 0 Å². The molecule has 0 aliphatic carbocycles. The van der Waals surface area contributed by atoms with Crippen LogP contribution in [0.2, 0.25) is 0 Å². The van der Waals surface area contributed by atoms with Gasteiger partial charge in [0.25, 0.3) is 0 Å². The second-order valence-electron chi connectivity index (χ2n) is 3.03. The van der Waals surface area contributed by atoms with E-state index in [4.69, 9.17) is 11.5 Å². The first-order valence-corrected chi connectivity index (χ1v) is 3.73. The molecule has 0 fully saturated rings. The zero-order valence-electron chi connectivity index (χ0n) is 7.33. The predicted molar refractivity (Wildman–Crippen MR) is 45.9 cm³/mol. The van der Waals surface area contributed by atoms with Crippen molar-refractivity contribution in [2.75, 3.05) is 0 Å². The highest BCUT2D eigenvalue weighted by molar-refractivity contribution is 5.99. The molecule has 0 aromatic carbocycles. The van der Waals surface area contributed by atoms with Gasteiger partial charge in [-0.25, -0.2) is 0 Å². The van der Waals surface area contributed by atoms with Gasteiger partial charge >= 0.3 is 0 Å². The second-order valence-corrected chi connectivity index (χ2v) is 3.03. The van der Waals surface area contributed by atoms with Gasteiger partial charge < -0.3 is 11.5 Å². The first kappa shape index (κ1) is 10.7. The topological polar surface area (TPSA) is 86.2 Å². The highest BCUT2D eigenvalue weighted by atomic mass is 16.1. The lowest BCUT2D eigenvalue weighted by Crippen LogP contribution is -2.18. The van der Waals surface area contributed by atoms with Gasteiger partial charge in [-0.05, 0) is 12.3 Å². The summed E-state index contributed by atoms with van der Waals surface area (Å²) in [6, 6.07) is 0. The van der Waals surface area contributed by atoms with Crippen LogP contribution in [0.25, 0.3) is 0 Å². The molecule has 0 unspecified atom stereocenters. The summed E-state index contributed by atoms with van der Waals surface area (Å²) in [5.41, 5.74) is 10.2. The standard InChI is InChI=1S/C8H14N2O2/c1-5(2)3-6(8(10)12)4-7(9)11/h4-5H,3H2,1-2H3,(H2,9,11)(H2,10,12)/b6-4-. The van der Waals surface area contributed by atoms with Gasteiger partial charge in [-0.15, -0.1) is 0 Å². The van der Waals surface area contributed by atoms with Crippen LogP contribution in [0, 0.1) is 5.92 Å². The van der Waals surface area contributed by atoms with Crippen molar-refractivity contribution in [2.24, 2.45) is 17.4 Å². The lowest BCUT2D eigenvalue weighted by Gasteiger charge is -2.04. The van der Waals surface area contributed by atoms with E-state index in [0.29, 0.717) is 6.42 Å². The van der Waals surface area contributed by atoms with Crippen LogP contribution in [0.1, 0.15) is 20.3 Å². The van der Waals surface area contributed by atoms with Crippen molar-refractivity contribution in [1.29, 1.82) is 0 Å². The van der Waals surface area contributed by atoms with Crippen LogP contribution in [0.15, 0.2) is 11.6 Å². The van der Waals surface area contributed by atoms with Crippen LogP contribution < -0.4 is 11.5 Å². The number of amides is 2. The lowest BCUT2D eigenvalue weighted by molar-refractivity contribution is -0.116. The fourth-order valence-electron chi connectivity index (χ4n) is 0.842. The number of primary amides is 2. The monoisotopic (exact) mass is 170 g/mol. The Labute approximate surface area is 71.6 Å². The molecule has 0 bridgehead atoms. The molecule has 0 aromatic rings. The molecule has 4 nitrogen and oxygen atoms in total. The fourth-order valence-corrected chi connectivity index (χ4v) is 0.842. The normalized spacial score (nSPS) is 11.8. The van der Waals surface area contributed by atoms with Crippen molar-refractivity contribution >= 4 is 11.8 Å². The molecule has 0 saturated carbocycles. The summed E-state index contributed by atoms with van der Waals surface area (Å²) < 4.78 is 0. The highest BCUT2D eigenvalue weighted by Gasteiger charge is 2.08. The van der Waals surface area contributed by atoms with E-state index >= 15 is 0 Å². The average Bonchev–Trinajstić information content (AvgIpc) is 1.83. The van der Waals surface area contributed by atoms with E-state index in [9.17, 15) is 9.59 Å². The molecule has 4 N–H and O–H groups in total. The third kappa shape index (κ3) is 4.49. The van der Waals surface area contributed by atoms with E-state index < -0.39 is 11.8 Å². The molecule has 68 valence electrons. The molecule has 0 saturated heterocycles. The Kier molecular flexibility index (Phi) is 4.04. The SMILES string of the molecule is CC(C)C/C(=C/C(N)=O)C(N)=O. The van der Waals surface area contributed by atoms with Gasteiger partial charge in [0.1, 0.15) is 0 Å². The molecule has 0 aromatic heterocycles. The van der Waals surface area contributed by atoms with Crippen LogP contribution in [0.3, 0.4) is 0 Å². The van der Waals surface area contributed by atoms with Gasteiger partial charge in [-0.2, -0.15) is 0 Å². The summed E-state index contributed by atoms with van der Waals surface area (Å²) in [7, 11) is 0. The third-order valence-corrected chi connectivity index (χ3v) is 1.26. The summed E-state index contributed by atoms with van der Waals surface area (Å²) in [5, 5.41) is 0. The quantitative estimate of drug-likeness (QED) is 0.578. The zero-order chi connectivity index (χ0) is 9.72. The summed E-state index contributed by atoms with van der Waals surface area (Å²) >= 11 is 0. The maximum absolute atomic E-state index is 10.7. The minimum absolute atomic E-state index is 0.281. The van der Waals surface area contributed by atoms with E-state index in [2.05, 4.69) is 0 Å². The molecule has 0 aliphatic rings. The molecule has 0 atom stereocenters. The molecule has 0 aliphatic heterocycles. The van der Waals surface area contributed by atoms with E-state index in [0.717, 1.165) is 6.08 Å². The summed E-state index contributed by atoms with van der Waals surface area (Å²) in [5.74, 6) is -0.935. The molecule has 12 heavy (non-hydrogen) atoms. The number of hydrogen-bond acceptors (Lipinski definition) is 2. The van der Waals surface area contributed by atoms with E-state index in [-0.39, 0.29) is 11.5 Å². The Balaban J connectivity index is 4.44. The summed E-state index contributed by atoms with van der Waals surface area (Å²) in [6.45, 7) is 3.86. The van der Waals surface area contributed by atoms with E-state index in [1.807, 2.05) is 13.8 Å². The maximum Gasteiger partial charge on any atom is 0.244 e. The number of carbonyl (C=O) groups excluding carboxylic acids is 2. The maximum atomic E-state index is 10.7. The number of nitrogens with two attached hydrogens (primary N) is 2. The molecule has 4 heteroatoms. The largest absolute Gasteiger partial charge is 0.366 e. The molecule has 0 rings (SSSR count). The summed E-state index contributed by atoms with van der Waals surface area (Å²) in [4.78, 5) is 21.2. The van der Waals surface area contributed by atoms with Crippen LogP contribution in [0.5, 0.6) is 0 Å². The first-order chi connectivity index (χ1) is 5.43. The van der Waals surface area contributed by atoms with E-state index in [1.165, 1.54) is 0 Å². The first-order valence-electron chi connectivity index (χ1n) is 3.73. The van der Waals surface area contributed by atoms with Crippen molar-refractivity contribution < 1.29 is 9.59 Å². The van der Waals surface area contributed by atoms with Crippen LogP contribution >= 0.6 is 0 Å². The Bertz CT molecular complexity index is 219. The molecular weight excluding hydrogens is 156 g/mol. The predicted octanol–water partition coefficient (Wildman–Crippen LogP) is -0.0705. The Morgan fingerprint density at radius 3 is 2.08 bits per heavy atom. The fraction of sp³-hybridized carbons (Fsp3) is 0.500. The van der Waals surface area contributed by atoms with Crippen LogP contribution in [0.4, 0.5) is 0 Å². The minimum Gasteiger partial charge on any atom is -0.366 e. The van der Waals surface area contributed by atoms with Crippen molar-refractivity contribution in [2.45, 2.75) is 20.3 Å². The smallest absolute Gasteiger partial charge is 0.244 e. The van der Waals surface area contributed by atoms with Crippen molar-refractivity contribution in [3.05, 3.63) is 11.6 Å².